The van der Waals surface area contributed by atoms with Crippen LogP contribution >= 0.6 is 0 Å². The largest absolute Gasteiger partial charge is 0.338 e. The van der Waals surface area contributed by atoms with Crippen LogP contribution in [0.25, 0.3) is 21.9 Å². The second-order valence-corrected chi connectivity index (χ2v) is 9.92. The molecule has 3 aromatic carbocycles. The Morgan fingerprint density at radius 2 is 1.70 bits per heavy atom. The van der Waals surface area contributed by atoms with Gasteiger partial charge in [0.05, 0.1) is 0 Å². The highest BCUT2D eigenvalue weighted by Gasteiger charge is 2.27. The molecule has 3 aromatic rings. The number of piperidine rings is 1. The van der Waals surface area contributed by atoms with E-state index in [0.717, 1.165) is 63.2 Å². The van der Waals surface area contributed by atoms with E-state index >= 15 is 0 Å². The van der Waals surface area contributed by atoms with Crippen molar-refractivity contribution < 1.29 is 4.79 Å². The van der Waals surface area contributed by atoms with E-state index in [1.807, 2.05) is 6.07 Å². The number of likely N-dealkylation sites (tertiary alicyclic amines) is 1. The van der Waals surface area contributed by atoms with Gasteiger partial charge in [-0.25, -0.2) is 0 Å². The standard InChI is InChI=1S/C29H35N3O/c1-22-7-3-4-10-26(22)28-11-5-9-24-19-25(12-13-27(24)28)29(33)32-14-6-8-23(21-32)20-31-17-15-30(2)16-18-31/h3-5,7,9-13,19,23H,6,8,14-18,20-21H2,1-2H3. The molecule has 5 rings (SSSR count). The summed E-state index contributed by atoms with van der Waals surface area (Å²) in [6, 6.07) is 21.2. The van der Waals surface area contributed by atoms with Gasteiger partial charge in [-0.2, -0.15) is 0 Å². The number of rotatable bonds is 4. The molecule has 2 aliphatic rings. The van der Waals surface area contributed by atoms with Crippen LogP contribution in [0.5, 0.6) is 0 Å². The van der Waals surface area contributed by atoms with Crippen LogP contribution in [-0.2, 0) is 0 Å². The summed E-state index contributed by atoms with van der Waals surface area (Å²) in [7, 11) is 2.20. The molecule has 0 saturated carbocycles. The first-order chi connectivity index (χ1) is 16.1. The lowest BCUT2D eigenvalue weighted by atomic mass is 9.93. The summed E-state index contributed by atoms with van der Waals surface area (Å²) < 4.78 is 0. The van der Waals surface area contributed by atoms with E-state index in [9.17, 15) is 4.79 Å². The topological polar surface area (TPSA) is 26.8 Å². The van der Waals surface area contributed by atoms with Crippen molar-refractivity contribution in [3.05, 3.63) is 71.8 Å². The minimum absolute atomic E-state index is 0.182. The van der Waals surface area contributed by atoms with Gasteiger partial charge in [-0.15, -0.1) is 0 Å². The van der Waals surface area contributed by atoms with Crippen molar-refractivity contribution in [3.63, 3.8) is 0 Å². The minimum Gasteiger partial charge on any atom is -0.338 e. The quantitative estimate of drug-likeness (QED) is 0.575. The van der Waals surface area contributed by atoms with Crippen molar-refractivity contribution in [3.8, 4) is 11.1 Å². The molecule has 2 saturated heterocycles. The number of nitrogens with zero attached hydrogens (tertiary/aromatic N) is 3. The third kappa shape index (κ3) is 4.83. The molecule has 33 heavy (non-hydrogen) atoms. The van der Waals surface area contributed by atoms with Crippen LogP contribution in [0.15, 0.2) is 60.7 Å². The predicted molar refractivity (Wildman–Crippen MR) is 137 cm³/mol. The maximum absolute atomic E-state index is 13.4. The lowest BCUT2D eigenvalue weighted by Crippen LogP contribution is -2.49. The molecule has 0 radical (unpaired) electrons. The highest BCUT2D eigenvalue weighted by atomic mass is 16.2. The Morgan fingerprint density at radius 3 is 2.52 bits per heavy atom. The van der Waals surface area contributed by atoms with Gasteiger partial charge in [-0.3, -0.25) is 4.79 Å². The highest BCUT2D eigenvalue weighted by molar-refractivity contribution is 6.03. The summed E-state index contributed by atoms with van der Waals surface area (Å²) in [5.41, 5.74) is 4.56. The first-order valence-electron chi connectivity index (χ1n) is 12.4. The van der Waals surface area contributed by atoms with Crippen LogP contribution in [-0.4, -0.2) is 73.5 Å². The summed E-state index contributed by atoms with van der Waals surface area (Å²) in [6.07, 6.45) is 2.34. The van der Waals surface area contributed by atoms with Gasteiger partial charge in [0, 0.05) is 51.4 Å². The van der Waals surface area contributed by atoms with Crippen LogP contribution in [0.2, 0.25) is 0 Å². The van der Waals surface area contributed by atoms with Crippen molar-refractivity contribution in [1.82, 2.24) is 14.7 Å². The third-order valence-corrected chi connectivity index (χ3v) is 7.48. The molecule has 2 fully saturated rings. The van der Waals surface area contributed by atoms with E-state index in [4.69, 9.17) is 0 Å². The van der Waals surface area contributed by atoms with Crippen molar-refractivity contribution in [2.75, 3.05) is 52.9 Å². The maximum atomic E-state index is 13.4. The molecule has 0 bridgehead atoms. The lowest BCUT2D eigenvalue weighted by Gasteiger charge is -2.38. The highest BCUT2D eigenvalue weighted by Crippen LogP contribution is 2.31. The van der Waals surface area contributed by atoms with Crippen LogP contribution in [0.3, 0.4) is 0 Å². The molecule has 1 amide bonds. The molecule has 172 valence electrons. The fourth-order valence-corrected chi connectivity index (χ4v) is 5.50. The second kappa shape index (κ2) is 9.66. The van der Waals surface area contributed by atoms with E-state index in [2.05, 4.69) is 83.3 Å². The molecule has 0 aliphatic carbocycles. The molecule has 1 atom stereocenters. The van der Waals surface area contributed by atoms with Gasteiger partial charge in [-0.05, 0) is 72.3 Å². The zero-order valence-electron chi connectivity index (χ0n) is 20.0. The van der Waals surface area contributed by atoms with E-state index in [1.165, 1.54) is 28.5 Å². The SMILES string of the molecule is Cc1ccccc1-c1cccc2cc(C(=O)N3CCCC(CN4CCN(C)CC4)C3)ccc12. The maximum Gasteiger partial charge on any atom is 0.253 e. The summed E-state index contributed by atoms with van der Waals surface area (Å²) in [6.45, 7) is 9.62. The average Bonchev–Trinajstić information content (AvgIpc) is 2.85. The summed E-state index contributed by atoms with van der Waals surface area (Å²) in [4.78, 5) is 20.5. The van der Waals surface area contributed by atoms with Gasteiger partial charge in [-0.1, -0.05) is 48.5 Å². The Morgan fingerprint density at radius 1 is 0.909 bits per heavy atom. The molecular formula is C29H35N3O. The Balaban J connectivity index is 1.32. The Bertz CT molecular complexity index is 1130. The summed E-state index contributed by atoms with van der Waals surface area (Å²) >= 11 is 0. The smallest absolute Gasteiger partial charge is 0.253 e. The number of fused-ring (bicyclic) bond motifs is 1. The Hall–Kier alpha value is -2.69. The van der Waals surface area contributed by atoms with Gasteiger partial charge in [0.25, 0.3) is 5.91 Å². The van der Waals surface area contributed by atoms with Crippen LogP contribution in [0.1, 0.15) is 28.8 Å². The van der Waals surface area contributed by atoms with E-state index < -0.39 is 0 Å². The number of hydrogen-bond acceptors (Lipinski definition) is 3. The number of aryl methyl sites for hydroxylation is 1. The fraction of sp³-hybridized carbons (Fsp3) is 0.414. The second-order valence-electron chi connectivity index (χ2n) is 9.92. The average molecular weight is 442 g/mol. The molecular weight excluding hydrogens is 406 g/mol. The number of benzene rings is 3. The zero-order valence-corrected chi connectivity index (χ0v) is 20.0. The predicted octanol–water partition coefficient (Wildman–Crippen LogP) is 4.91. The van der Waals surface area contributed by atoms with Gasteiger partial charge in [0.2, 0.25) is 0 Å². The Labute approximate surface area is 197 Å². The normalized spacial score (nSPS) is 20.3. The molecule has 0 spiro atoms. The number of amides is 1. The van der Waals surface area contributed by atoms with Crippen molar-refractivity contribution in [1.29, 1.82) is 0 Å². The van der Waals surface area contributed by atoms with Crippen molar-refractivity contribution in [2.45, 2.75) is 19.8 Å². The fourth-order valence-electron chi connectivity index (χ4n) is 5.50. The summed E-state index contributed by atoms with van der Waals surface area (Å²) in [5, 5.41) is 2.34. The zero-order chi connectivity index (χ0) is 22.8. The number of carbonyl (C=O) groups is 1. The molecule has 4 nitrogen and oxygen atoms in total. The van der Waals surface area contributed by atoms with Crippen LogP contribution < -0.4 is 0 Å². The minimum atomic E-state index is 0.182. The molecule has 0 N–H and O–H groups in total. The van der Waals surface area contributed by atoms with Crippen molar-refractivity contribution in [2.24, 2.45) is 5.92 Å². The van der Waals surface area contributed by atoms with Crippen LogP contribution in [0.4, 0.5) is 0 Å². The summed E-state index contributed by atoms with van der Waals surface area (Å²) in [5.74, 6) is 0.764. The number of piperazine rings is 1. The molecule has 0 aromatic heterocycles. The monoisotopic (exact) mass is 441 g/mol. The Kier molecular flexibility index (Phi) is 6.48. The van der Waals surface area contributed by atoms with Crippen molar-refractivity contribution >= 4 is 16.7 Å². The van der Waals surface area contributed by atoms with Gasteiger partial charge >= 0.3 is 0 Å². The van der Waals surface area contributed by atoms with E-state index in [0.29, 0.717) is 5.92 Å². The number of carbonyl (C=O) groups excluding carboxylic acids is 1. The van der Waals surface area contributed by atoms with E-state index in [-0.39, 0.29) is 5.91 Å². The molecule has 1 unspecified atom stereocenters. The first-order valence-corrected chi connectivity index (χ1v) is 12.4. The molecule has 2 heterocycles. The number of likely N-dealkylation sites (N-methyl/N-ethyl adjacent to an activating group) is 1. The molecule has 2 aliphatic heterocycles. The van der Waals surface area contributed by atoms with Crippen LogP contribution in [0, 0.1) is 12.8 Å². The number of hydrogen-bond donors (Lipinski definition) is 0. The lowest BCUT2D eigenvalue weighted by molar-refractivity contribution is 0.0609. The molecule has 4 heteroatoms. The van der Waals surface area contributed by atoms with E-state index in [1.54, 1.807) is 0 Å². The van der Waals surface area contributed by atoms with Gasteiger partial charge in [0.1, 0.15) is 0 Å². The third-order valence-electron chi connectivity index (χ3n) is 7.48. The first kappa shape index (κ1) is 22.1. The van der Waals surface area contributed by atoms with Gasteiger partial charge < -0.3 is 14.7 Å². The van der Waals surface area contributed by atoms with Gasteiger partial charge in [0.15, 0.2) is 0 Å².